The molecule has 0 atom stereocenters. The zero-order valence-corrected chi connectivity index (χ0v) is 17.9. The SMILES string of the molecule is CCOC(=O)CCN(CC1CC1)S(=O)(=O)c1cc(S(C)(=O)=O)ccc1Br. The highest BCUT2D eigenvalue weighted by molar-refractivity contribution is 9.10. The van der Waals surface area contributed by atoms with Crippen LogP contribution >= 0.6 is 15.9 Å². The molecular weight excluding hydrogens is 446 g/mol. The van der Waals surface area contributed by atoms with Gasteiger partial charge in [0.05, 0.1) is 22.8 Å². The van der Waals surface area contributed by atoms with Gasteiger partial charge in [-0.1, -0.05) is 0 Å². The maximum absolute atomic E-state index is 13.1. The van der Waals surface area contributed by atoms with E-state index in [9.17, 15) is 21.6 Å². The molecule has 1 fully saturated rings. The molecule has 0 spiro atoms. The second kappa shape index (κ2) is 8.37. The number of benzene rings is 1. The number of rotatable bonds is 9. The summed E-state index contributed by atoms with van der Waals surface area (Å²) in [6.45, 7) is 2.21. The summed E-state index contributed by atoms with van der Waals surface area (Å²) in [4.78, 5) is 11.4. The number of ether oxygens (including phenoxy) is 1. The number of halogens is 1. The summed E-state index contributed by atoms with van der Waals surface area (Å²) in [7, 11) is -7.52. The number of hydrogen-bond acceptors (Lipinski definition) is 6. The number of sulfonamides is 1. The van der Waals surface area contributed by atoms with Crippen LogP contribution in [0.1, 0.15) is 26.2 Å². The largest absolute Gasteiger partial charge is 0.466 e. The van der Waals surface area contributed by atoms with Crippen LogP contribution in [0.3, 0.4) is 0 Å². The molecule has 0 aromatic heterocycles. The third-order valence-electron chi connectivity index (χ3n) is 3.98. The second-order valence-corrected chi connectivity index (χ2v) is 11.0. The fourth-order valence-electron chi connectivity index (χ4n) is 2.40. The molecule has 1 aliphatic carbocycles. The molecule has 0 bridgehead atoms. The van der Waals surface area contributed by atoms with Gasteiger partial charge in [-0.15, -0.1) is 0 Å². The highest BCUT2D eigenvalue weighted by atomic mass is 79.9. The topological polar surface area (TPSA) is 97.8 Å². The van der Waals surface area contributed by atoms with Crippen LogP contribution in [0, 0.1) is 5.92 Å². The van der Waals surface area contributed by atoms with E-state index in [0.717, 1.165) is 25.2 Å². The molecule has 146 valence electrons. The average molecular weight is 468 g/mol. The van der Waals surface area contributed by atoms with E-state index in [1.807, 2.05) is 0 Å². The minimum atomic E-state index is -3.97. The standard InChI is InChI=1S/C16H22BrNO6S2/c1-3-24-16(19)8-9-18(11-12-4-5-12)26(22,23)15-10-13(25(2,20)21)6-7-14(15)17/h6-7,10,12H,3-5,8-9,11H2,1-2H3. The quantitative estimate of drug-likeness (QED) is 0.516. The smallest absolute Gasteiger partial charge is 0.307 e. The van der Waals surface area contributed by atoms with Crippen molar-refractivity contribution in [3.63, 3.8) is 0 Å². The lowest BCUT2D eigenvalue weighted by molar-refractivity contribution is -0.143. The molecule has 0 amide bonds. The summed E-state index contributed by atoms with van der Waals surface area (Å²) in [5.41, 5.74) is 0. The number of carbonyl (C=O) groups excluding carboxylic acids is 1. The summed E-state index contributed by atoms with van der Waals surface area (Å²) in [6, 6.07) is 3.91. The Hall–Kier alpha value is -0.970. The first-order valence-corrected chi connectivity index (χ1v) is 12.3. The lowest BCUT2D eigenvalue weighted by Crippen LogP contribution is -2.35. The molecule has 1 aliphatic rings. The van der Waals surface area contributed by atoms with Gasteiger partial charge in [0.15, 0.2) is 9.84 Å². The predicted molar refractivity (Wildman–Crippen MR) is 100.0 cm³/mol. The summed E-state index contributed by atoms with van der Waals surface area (Å²) in [6.07, 6.45) is 2.85. The van der Waals surface area contributed by atoms with Crippen LogP contribution < -0.4 is 0 Å². The Bertz CT molecular complexity index is 878. The van der Waals surface area contributed by atoms with Gasteiger partial charge in [-0.05, 0) is 59.8 Å². The van der Waals surface area contributed by atoms with E-state index >= 15 is 0 Å². The molecule has 10 heteroatoms. The molecule has 1 aromatic carbocycles. The Morgan fingerprint density at radius 3 is 2.46 bits per heavy atom. The van der Waals surface area contributed by atoms with Crippen molar-refractivity contribution in [3.8, 4) is 0 Å². The van der Waals surface area contributed by atoms with Crippen molar-refractivity contribution in [2.24, 2.45) is 5.92 Å². The van der Waals surface area contributed by atoms with E-state index < -0.39 is 25.8 Å². The Balaban J connectivity index is 2.34. The van der Waals surface area contributed by atoms with Crippen molar-refractivity contribution in [2.75, 3.05) is 26.0 Å². The zero-order chi connectivity index (χ0) is 19.5. The molecule has 0 N–H and O–H groups in total. The monoisotopic (exact) mass is 467 g/mol. The van der Waals surface area contributed by atoms with Crippen LogP contribution in [-0.4, -0.2) is 53.1 Å². The predicted octanol–water partition coefficient (Wildman–Crippen LogP) is 2.21. The molecule has 2 rings (SSSR count). The zero-order valence-electron chi connectivity index (χ0n) is 14.6. The minimum absolute atomic E-state index is 0.00674. The van der Waals surface area contributed by atoms with Crippen molar-refractivity contribution in [1.82, 2.24) is 4.31 Å². The summed E-state index contributed by atoms with van der Waals surface area (Å²) < 4.78 is 56.2. The number of nitrogens with zero attached hydrogens (tertiary/aromatic N) is 1. The van der Waals surface area contributed by atoms with Crippen LogP contribution in [0.25, 0.3) is 0 Å². The molecule has 0 radical (unpaired) electrons. The summed E-state index contributed by atoms with van der Waals surface area (Å²) in [5.74, 6) is -0.198. The van der Waals surface area contributed by atoms with E-state index in [-0.39, 0.29) is 39.8 Å². The molecule has 0 unspecified atom stereocenters. The molecule has 0 heterocycles. The summed E-state index contributed by atoms with van der Waals surface area (Å²) >= 11 is 3.20. The van der Waals surface area contributed by atoms with Crippen molar-refractivity contribution in [3.05, 3.63) is 22.7 Å². The van der Waals surface area contributed by atoms with E-state index in [1.165, 1.54) is 16.4 Å². The molecule has 26 heavy (non-hydrogen) atoms. The Kier molecular flexibility index (Phi) is 6.86. The van der Waals surface area contributed by atoms with Gasteiger partial charge in [0.2, 0.25) is 10.0 Å². The van der Waals surface area contributed by atoms with Crippen molar-refractivity contribution >= 4 is 41.8 Å². The third kappa shape index (κ3) is 5.51. The maximum atomic E-state index is 13.1. The Morgan fingerprint density at radius 1 is 1.27 bits per heavy atom. The van der Waals surface area contributed by atoms with E-state index in [1.54, 1.807) is 6.92 Å². The van der Waals surface area contributed by atoms with Gasteiger partial charge in [0, 0.05) is 23.8 Å². The van der Waals surface area contributed by atoms with Gasteiger partial charge in [0.1, 0.15) is 0 Å². The average Bonchev–Trinajstić information content (AvgIpc) is 3.34. The van der Waals surface area contributed by atoms with Gasteiger partial charge in [-0.2, -0.15) is 4.31 Å². The lowest BCUT2D eigenvalue weighted by Gasteiger charge is -2.22. The normalized spacial score (nSPS) is 15.2. The maximum Gasteiger partial charge on any atom is 0.307 e. The second-order valence-electron chi connectivity index (χ2n) is 6.23. The lowest BCUT2D eigenvalue weighted by atomic mass is 10.4. The fraction of sp³-hybridized carbons (Fsp3) is 0.562. The first-order valence-electron chi connectivity index (χ1n) is 8.21. The van der Waals surface area contributed by atoms with Crippen molar-refractivity contribution in [1.29, 1.82) is 0 Å². The third-order valence-corrected chi connectivity index (χ3v) is 7.95. The fourth-order valence-corrected chi connectivity index (χ4v) is 5.59. The highest BCUT2D eigenvalue weighted by Crippen LogP contribution is 2.34. The van der Waals surface area contributed by atoms with Crippen LogP contribution in [0.2, 0.25) is 0 Å². The van der Waals surface area contributed by atoms with Crippen LogP contribution in [0.15, 0.2) is 32.5 Å². The first-order chi connectivity index (χ1) is 12.1. The van der Waals surface area contributed by atoms with Gasteiger partial charge < -0.3 is 4.74 Å². The molecule has 0 saturated heterocycles. The highest BCUT2D eigenvalue weighted by Gasteiger charge is 2.33. The van der Waals surface area contributed by atoms with Crippen LogP contribution in [-0.2, 0) is 29.4 Å². The van der Waals surface area contributed by atoms with Gasteiger partial charge in [-0.3, -0.25) is 4.79 Å². The number of esters is 1. The molecule has 1 saturated carbocycles. The minimum Gasteiger partial charge on any atom is -0.466 e. The molecule has 0 aliphatic heterocycles. The summed E-state index contributed by atoms with van der Waals surface area (Å²) in [5, 5.41) is 0. The van der Waals surface area contributed by atoms with Gasteiger partial charge in [0.25, 0.3) is 0 Å². The Morgan fingerprint density at radius 2 is 1.92 bits per heavy atom. The van der Waals surface area contributed by atoms with E-state index in [2.05, 4.69) is 15.9 Å². The van der Waals surface area contributed by atoms with Crippen molar-refractivity contribution < 1.29 is 26.4 Å². The van der Waals surface area contributed by atoms with Crippen LogP contribution in [0.5, 0.6) is 0 Å². The number of sulfone groups is 1. The van der Waals surface area contributed by atoms with Crippen molar-refractivity contribution in [2.45, 2.75) is 36.0 Å². The molecule has 1 aromatic rings. The van der Waals surface area contributed by atoms with Gasteiger partial charge >= 0.3 is 5.97 Å². The molecular formula is C16H22BrNO6S2. The first kappa shape index (κ1) is 21.3. The van der Waals surface area contributed by atoms with Gasteiger partial charge in [-0.25, -0.2) is 16.8 Å². The number of hydrogen-bond donors (Lipinski definition) is 0. The van der Waals surface area contributed by atoms with E-state index in [4.69, 9.17) is 4.74 Å². The molecule has 7 nitrogen and oxygen atoms in total. The van der Waals surface area contributed by atoms with E-state index in [0.29, 0.717) is 6.54 Å². The Labute approximate surface area is 162 Å². The van der Waals surface area contributed by atoms with Crippen LogP contribution in [0.4, 0.5) is 0 Å². The number of carbonyl (C=O) groups is 1.